The number of hydrogen-bond donors (Lipinski definition) is 0. The molecule has 0 spiro atoms. The van der Waals surface area contributed by atoms with Crippen LogP contribution < -0.4 is 0 Å². The van der Waals surface area contributed by atoms with Crippen LogP contribution in [0.4, 0.5) is 0 Å². The van der Waals surface area contributed by atoms with Crippen LogP contribution in [0, 0.1) is 5.41 Å². The molecule has 1 heterocycles. The van der Waals surface area contributed by atoms with E-state index in [1.165, 1.54) is 0 Å². The van der Waals surface area contributed by atoms with Crippen LogP contribution in [0.25, 0.3) is 0 Å². The van der Waals surface area contributed by atoms with Crippen molar-refractivity contribution in [2.24, 2.45) is 5.41 Å². The summed E-state index contributed by atoms with van der Waals surface area (Å²) in [5.74, 6) is 0.291. The van der Waals surface area contributed by atoms with Crippen molar-refractivity contribution in [2.75, 3.05) is 20.1 Å². The molecule has 0 aromatic heterocycles. The molecule has 3 nitrogen and oxygen atoms in total. The Labute approximate surface area is 113 Å². The molecule has 0 aromatic rings. The zero-order chi connectivity index (χ0) is 14.1. The van der Waals surface area contributed by atoms with E-state index in [9.17, 15) is 4.79 Å². The number of carbonyl (C=O) groups is 1. The minimum atomic E-state index is -0.247. The Kier molecular flexibility index (Phi) is 4.47. The molecule has 106 valence electrons. The number of piperidine rings is 1. The second kappa shape index (κ2) is 5.20. The lowest BCUT2D eigenvalue weighted by Crippen LogP contribution is -2.52. The van der Waals surface area contributed by atoms with Crippen molar-refractivity contribution in [1.29, 1.82) is 0 Å². The minimum Gasteiger partial charge on any atom is -0.342 e. The molecule has 0 saturated carbocycles. The third-order valence-corrected chi connectivity index (χ3v) is 4.00. The molecule has 0 unspecified atom stereocenters. The van der Waals surface area contributed by atoms with E-state index < -0.39 is 0 Å². The summed E-state index contributed by atoms with van der Waals surface area (Å²) in [7, 11) is 2.20. The van der Waals surface area contributed by atoms with Crippen LogP contribution in [-0.4, -0.2) is 47.4 Å². The van der Waals surface area contributed by atoms with Gasteiger partial charge in [-0.15, -0.1) is 0 Å². The lowest BCUT2D eigenvalue weighted by molar-refractivity contribution is -0.141. The third kappa shape index (κ3) is 3.71. The van der Waals surface area contributed by atoms with Crippen molar-refractivity contribution in [1.82, 2.24) is 9.80 Å². The smallest absolute Gasteiger partial charge is 0.227 e. The average Bonchev–Trinajstić information content (AvgIpc) is 2.25. The molecule has 0 aliphatic carbocycles. The van der Waals surface area contributed by atoms with Gasteiger partial charge in [-0.1, -0.05) is 20.8 Å². The molecule has 1 saturated heterocycles. The van der Waals surface area contributed by atoms with Crippen molar-refractivity contribution in [2.45, 2.75) is 66.0 Å². The van der Waals surface area contributed by atoms with E-state index in [4.69, 9.17) is 0 Å². The molecule has 0 bridgehead atoms. The van der Waals surface area contributed by atoms with Gasteiger partial charge in [0.2, 0.25) is 5.91 Å². The maximum atomic E-state index is 12.2. The van der Waals surface area contributed by atoms with Crippen LogP contribution in [0.15, 0.2) is 0 Å². The van der Waals surface area contributed by atoms with Crippen molar-refractivity contribution in [3.05, 3.63) is 0 Å². The van der Waals surface area contributed by atoms with Gasteiger partial charge in [0.25, 0.3) is 0 Å². The number of nitrogens with zero attached hydrogens (tertiary/aromatic N) is 2. The first-order chi connectivity index (χ1) is 8.03. The van der Waals surface area contributed by atoms with Crippen LogP contribution in [0.1, 0.15) is 54.4 Å². The molecule has 0 aromatic carbocycles. The lowest BCUT2D eigenvalue weighted by Gasteiger charge is -2.44. The van der Waals surface area contributed by atoms with Gasteiger partial charge in [-0.25, -0.2) is 0 Å². The zero-order valence-corrected chi connectivity index (χ0v) is 13.2. The van der Waals surface area contributed by atoms with Gasteiger partial charge in [0.1, 0.15) is 0 Å². The van der Waals surface area contributed by atoms with Crippen LogP contribution in [0.2, 0.25) is 0 Å². The molecule has 0 atom stereocenters. The first kappa shape index (κ1) is 15.5. The summed E-state index contributed by atoms with van der Waals surface area (Å²) in [6.07, 6.45) is 2.19. The fraction of sp³-hybridized carbons (Fsp3) is 0.933. The number of amides is 1. The highest BCUT2D eigenvalue weighted by molar-refractivity contribution is 5.81. The first-order valence-corrected chi connectivity index (χ1v) is 7.06. The standard InChI is InChI=1S/C15H30N2O/c1-14(2,3)13(18)17-10-8-12(9-11-17)16(7)15(4,5)6/h12H,8-11H2,1-7H3. The van der Waals surface area contributed by atoms with Gasteiger partial charge in [-0.05, 0) is 40.7 Å². The van der Waals surface area contributed by atoms with Crippen molar-refractivity contribution < 1.29 is 4.79 Å². The molecule has 18 heavy (non-hydrogen) atoms. The van der Waals surface area contributed by atoms with Gasteiger partial charge < -0.3 is 4.90 Å². The monoisotopic (exact) mass is 254 g/mol. The highest BCUT2D eigenvalue weighted by atomic mass is 16.2. The summed E-state index contributed by atoms with van der Waals surface area (Å²) in [6.45, 7) is 14.6. The highest BCUT2D eigenvalue weighted by Crippen LogP contribution is 2.25. The molecule has 3 heteroatoms. The van der Waals surface area contributed by atoms with E-state index in [1.54, 1.807) is 0 Å². The van der Waals surface area contributed by atoms with Gasteiger partial charge in [0.15, 0.2) is 0 Å². The Morgan fingerprint density at radius 3 is 1.83 bits per heavy atom. The average molecular weight is 254 g/mol. The SMILES string of the molecule is CN(C1CCN(C(=O)C(C)(C)C)CC1)C(C)(C)C. The van der Waals surface area contributed by atoms with E-state index in [0.717, 1.165) is 25.9 Å². The molecule has 1 rings (SSSR count). The van der Waals surface area contributed by atoms with Crippen LogP contribution in [0.5, 0.6) is 0 Å². The van der Waals surface area contributed by atoms with E-state index >= 15 is 0 Å². The van der Waals surface area contributed by atoms with E-state index in [-0.39, 0.29) is 11.0 Å². The predicted octanol–water partition coefficient (Wildman–Crippen LogP) is 2.75. The Balaban J connectivity index is 2.54. The van der Waals surface area contributed by atoms with Crippen LogP contribution >= 0.6 is 0 Å². The quantitative estimate of drug-likeness (QED) is 0.718. The Bertz CT molecular complexity index is 291. The maximum absolute atomic E-state index is 12.2. The normalized spacial score (nSPS) is 19.4. The topological polar surface area (TPSA) is 23.6 Å². The van der Waals surface area contributed by atoms with Crippen molar-refractivity contribution in [3.63, 3.8) is 0 Å². The van der Waals surface area contributed by atoms with E-state index in [0.29, 0.717) is 11.9 Å². The molecular formula is C15H30N2O. The first-order valence-electron chi connectivity index (χ1n) is 7.06. The minimum absolute atomic E-state index is 0.209. The van der Waals surface area contributed by atoms with Gasteiger partial charge >= 0.3 is 0 Å². The summed E-state index contributed by atoms with van der Waals surface area (Å²) in [5, 5.41) is 0. The Hall–Kier alpha value is -0.570. The molecule has 1 fully saturated rings. The summed E-state index contributed by atoms with van der Waals surface area (Å²) in [4.78, 5) is 16.7. The summed E-state index contributed by atoms with van der Waals surface area (Å²) < 4.78 is 0. The van der Waals surface area contributed by atoms with Gasteiger partial charge in [0, 0.05) is 30.1 Å². The number of carbonyl (C=O) groups excluding carboxylic acids is 1. The van der Waals surface area contributed by atoms with E-state index in [2.05, 4.69) is 32.7 Å². The van der Waals surface area contributed by atoms with Gasteiger partial charge in [-0.2, -0.15) is 0 Å². The molecule has 1 amide bonds. The number of likely N-dealkylation sites (tertiary alicyclic amines) is 1. The van der Waals surface area contributed by atoms with E-state index in [1.807, 2.05) is 25.7 Å². The molecule has 1 aliphatic rings. The fourth-order valence-corrected chi connectivity index (χ4v) is 2.48. The summed E-state index contributed by atoms with van der Waals surface area (Å²) >= 11 is 0. The Morgan fingerprint density at radius 2 is 1.50 bits per heavy atom. The second-order valence-electron chi connectivity index (χ2n) is 7.56. The number of hydrogen-bond acceptors (Lipinski definition) is 2. The predicted molar refractivity (Wildman–Crippen MR) is 76.6 cm³/mol. The molecule has 0 radical (unpaired) electrons. The lowest BCUT2D eigenvalue weighted by atomic mass is 9.92. The Morgan fingerprint density at radius 1 is 1.06 bits per heavy atom. The fourth-order valence-electron chi connectivity index (χ4n) is 2.48. The largest absolute Gasteiger partial charge is 0.342 e. The highest BCUT2D eigenvalue weighted by Gasteiger charge is 2.33. The molecular weight excluding hydrogens is 224 g/mol. The van der Waals surface area contributed by atoms with Crippen molar-refractivity contribution in [3.8, 4) is 0 Å². The maximum Gasteiger partial charge on any atom is 0.227 e. The number of rotatable bonds is 1. The third-order valence-electron chi connectivity index (χ3n) is 4.00. The zero-order valence-electron chi connectivity index (χ0n) is 13.2. The second-order valence-corrected chi connectivity index (χ2v) is 7.56. The summed E-state index contributed by atoms with van der Waals surface area (Å²) in [6, 6.07) is 0.606. The van der Waals surface area contributed by atoms with Crippen molar-refractivity contribution >= 4 is 5.91 Å². The molecule has 0 N–H and O–H groups in total. The molecule has 1 aliphatic heterocycles. The van der Waals surface area contributed by atoms with Crippen LogP contribution in [0.3, 0.4) is 0 Å². The summed E-state index contributed by atoms with van der Waals surface area (Å²) in [5.41, 5.74) is -0.0381. The van der Waals surface area contributed by atoms with Gasteiger partial charge in [-0.3, -0.25) is 9.69 Å². The van der Waals surface area contributed by atoms with Crippen LogP contribution in [-0.2, 0) is 4.79 Å². The van der Waals surface area contributed by atoms with Gasteiger partial charge in [0.05, 0.1) is 0 Å².